The molecule has 0 aliphatic rings. The maximum Gasteiger partial charge on any atom is 0.206 e. The van der Waals surface area contributed by atoms with E-state index in [2.05, 4.69) is 0 Å². The molecule has 126 valence electrons. The van der Waals surface area contributed by atoms with E-state index in [-0.39, 0.29) is 15.6 Å². The Labute approximate surface area is 151 Å². The molecule has 0 saturated carbocycles. The molecule has 0 unspecified atom stereocenters. The summed E-state index contributed by atoms with van der Waals surface area (Å²) in [5.74, 6) is -0.143. The Hall–Kier alpha value is -2.43. The number of aryl methyl sites for hydroxylation is 1. The fourth-order valence-electron chi connectivity index (χ4n) is 2.41. The highest BCUT2D eigenvalue weighted by Crippen LogP contribution is 2.23. The van der Waals surface area contributed by atoms with Gasteiger partial charge in [0.05, 0.1) is 9.79 Å². The van der Waals surface area contributed by atoms with Crippen LogP contribution in [0.4, 0.5) is 0 Å². The molecule has 0 N–H and O–H groups in total. The highest BCUT2D eigenvalue weighted by molar-refractivity contribution is 7.91. The first-order chi connectivity index (χ1) is 11.9. The predicted molar refractivity (Wildman–Crippen MR) is 98.0 cm³/mol. The molecule has 0 bridgehead atoms. The van der Waals surface area contributed by atoms with Crippen LogP contribution >= 0.6 is 11.6 Å². The maximum atomic E-state index is 12.6. The van der Waals surface area contributed by atoms with Crippen LogP contribution in [0.1, 0.15) is 21.5 Å². The Bertz CT molecular complexity index is 1000. The highest BCUT2D eigenvalue weighted by atomic mass is 35.5. The molecule has 0 heterocycles. The Balaban J connectivity index is 1.90. The second-order valence-electron chi connectivity index (χ2n) is 5.68. The van der Waals surface area contributed by atoms with Crippen LogP contribution in [-0.4, -0.2) is 14.2 Å². The van der Waals surface area contributed by atoms with E-state index >= 15 is 0 Å². The summed E-state index contributed by atoms with van der Waals surface area (Å²) in [6.45, 7) is 1.95. The molecule has 0 radical (unpaired) electrons. The van der Waals surface area contributed by atoms with Crippen molar-refractivity contribution in [2.24, 2.45) is 0 Å². The molecular weight excluding hydrogens is 356 g/mol. The highest BCUT2D eigenvalue weighted by Gasteiger charge is 2.18. The van der Waals surface area contributed by atoms with Crippen molar-refractivity contribution in [1.29, 1.82) is 0 Å². The van der Waals surface area contributed by atoms with Crippen LogP contribution in [0, 0.1) is 6.92 Å². The minimum Gasteiger partial charge on any atom is -0.289 e. The quantitative estimate of drug-likeness (QED) is 0.625. The van der Waals surface area contributed by atoms with Crippen LogP contribution in [0.5, 0.6) is 0 Å². The first-order valence-corrected chi connectivity index (χ1v) is 9.46. The van der Waals surface area contributed by atoms with Gasteiger partial charge in [0.25, 0.3) is 0 Å². The number of hydrogen-bond acceptors (Lipinski definition) is 3. The average molecular weight is 371 g/mol. The van der Waals surface area contributed by atoms with Crippen LogP contribution in [0.25, 0.3) is 0 Å². The summed E-state index contributed by atoms with van der Waals surface area (Å²) in [6, 6.07) is 19.2. The van der Waals surface area contributed by atoms with Gasteiger partial charge in [-0.25, -0.2) is 8.42 Å². The van der Waals surface area contributed by atoms with Gasteiger partial charge in [-0.2, -0.15) is 0 Å². The lowest BCUT2D eigenvalue weighted by Gasteiger charge is -2.06. The van der Waals surface area contributed by atoms with Crippen LogP contribution in [0.15, 0.2) is 82.6 Å². The van der Waals surface area contributed by atoms with Gasteiger partial charge >= 0.3 is 0 Å². The number of benzene rings is 3. The van der Waals surface area contributed by atoms with Crippen molar-refractivity contribution in [3.05, 3.63) is 94.5 Å². The molecule has 0 aliphatic carbocycles. The van der Waals surface area contributed by atoms with Crippen LogP contribution in [0.2, 0.25) is 5.02 Å². The van der Waals surface area contributed by atoms with E-state index in [9.17, 15) is 13.2 Å². The molecule has 5 heteroatoms. The molecule has 0 aromatic heterocycles. The largest absolute Gasteiger partial charge is 0.289 e. The topological polar surface area (TPSA) is 51.2 Å². The normalized spacial score (nSPS) is 11.3. The molecule has 3 aromatic carbocycles. The van der Waals surface area contributed by atoms with Gasteiger partial charge in [-0.3, -0.25) is 4.79 Å². The van der Waals surface area contributed by atoms with Crippen LogP contribution in [-0.2, 0) is 9.84 Å². The van der Waals surface area contributed by atoms with Gasteiger partial charge in [-0.05, 0) is 55.5 Å². The summed E-state index contributed by atoms with van der Waals surface area (Å²) < 4.78 is 25.2. The van der Waals surface area contributed by atoms with Crippen molar-refractivity contribution in [3.8, 4) is 0 Å². The van der Waals surface area contributed by atoms with E-state index in [1.807, 2.05) is 19.1 Å². The van der Waals surface area contributed by atoms with E-state index in [1.54, 1.807) is 12.1 Å². The molecule has 0 atom stereocenters. The van der Waals surface area contributed by atoms with Gasteiger partial charge in [0, 0.05) is 16.1 Å². The van der Waals surface area contributed by atoms with Crippen molar-refractivity contribution in [2.45, 2.75) is 16.7 Å². The van der Waals surface area contributed by atoms with Crippen molar-refractivity contribution < 1.29 is 13.2 Å². The monoisotopic (exact) mass is 370 g/mol. The van der Waals surface area contributed by atoms with E-state index in [1.165, 1.54) is 48.5 Å². The van der Waals surface area contributed by atoms with Crippen molar-refractivity contribution in [1.82, 2.24) is 0 Å². The summed E-state index contributed by atoms with van der Waals surface area (Å²) in [4.78, 5) is 12.8. The Kier molecular flexibility index (Phi) is 4.75. The van der Waals surface area contributed by atoms with Crippen LogP contribution in [0.3, 0.4) is 0 Å². The molecule has 0 fully saturated rings. The fraction of sp³-hybridized carbons (Fsp3) is 0.0500. The standard InChI is InChI=1S/C20H15ClO3S/c1-14-2-4-15(5-3-14)20(22)16-6-10-18(11-7-16)25(23,24)19-12-8-17(21)9-13-19/h2-13H,1H3. The smallest absolute Gasteiger partial charge is 0.206 e. The molecule has 25 heavy (non-hydrogen) atoms. The number of ketones is 1. The SMILES string of the molecule is Cc1ccc(C(=O)c2ccc(S(=O)(=O)c3ccc(Cl)cc3)cc2)cc1. The van der Waals surface area contributed by atoms with Gasteiger partial charge < -0.3 is 0 Å². The molecular formula is C20H15ClO3S. The Morgan fingerprint density at radius 2 is 1.12 bits per heavy atom. The third-order valence-corrected chi connectivity index (χ3v) is 5.90. The van der Waals surface area contributed by atoms with Crippen molar-refractivity contribution in [2.75, 3.05) is 0 Å². The molecule has 3 aromatic rings. The van der Waals surface area contributed by atoms with Crippen LogP contribution < -0.4 is 0 Å². The first kappa shape index (κ1) is 17.4. The Morgan fingerprint density at radius 3 is 1.60 bits per heavy atom. The summed E-state index contributed by atoms with van der Waals surface area (Å²) in [6.07, 6.45) is 0. The average Bonchev–Trinajstić information content (AvgIpc) is 2.62. The molecule has 0 aliphatic heterocycles. The maximum absolute atomic E-state index is 12.6. The molecule has 0 spiro atoms. The zero-order valence-electron chi connectivity index (χ0n) is 13.4. The zero-order valence-corrected chi connectivity index (χ0v) is 15.0. The molecule has 3 rings (SSSR count). The summed E-state index contributed by atoms with van der Waals surface area (Å²) in [7, 11) is -3.64. The van der Waals surface area contributed by atoms with Gasteiger partial charge in [0.2, 0.25) is 9.84 Å². The molecule has 0 amide bonds. The van der Waals surface area contributed by atoms with Crippen molar-refractivity contribution >= 4 is 27.2 Å². The fourth-order valence-corrected chi connectivity index (χ4v) is 3.79. The third kappa shape index (κ3) is 3.65. The number of carbonyl (C=O) groups is 1. The zero-order chi connectivity index (χ0) is 18.0. The Morgan fingerprint density at radius 1 is 0.720 bits per heavy atom. The van der Waals surface area contributed by atoms with Gasteiger partial charge in [0.1, 0.15) is 0 Å². The van der Waals surface area contributed by atoms with E-state index in [4.69, 9.17) is 11.6 Å². The van der Waals surface area contributed by atoms with Gasteiger partial charge in [-0.15, -0.1) is 0 Å². The van der Waals surface area contributed by atoms with Gasteiger partial charge in [-0.1, -0.05) is 41.4 Å². The second-order valence-corrected chi connectivity index (χ2v) is 8.06. The number of carbonyl (C=O) groups excluding carboxylic acids is 1. The lowest BCUT2D eigenvalue weighted by atomic mass is 10.0. The van der Waals surface area contributed by atoms with E-state index in [0.29, 0.717) is 16.1 Å². The number of rotatable bonds is 4. The molecule has 3 nitrogen and oxygen atoms in total. The predicted octanol–water partition coefficient (Wildman–Crippen LogP) is 4.71. The van der Waals surface area contributed by atoms with Gasteiger partial charge in [0.15, 0.2) is 5.78 Å². The summed E-state index contributed by atoms with van der Waals surface area (Å²) in [5, 5.41) is 0.470. The minimum absolute atomic E-state index is 0.135. The lowest BCUT2D eigenvalue weighted by molar-refractivity contribution is 0.103. The first-order valence-electron chi connectivity index (χ1n) is 7.60. The number of hydrogen-bond donors (Lipinski definition) is 0. The van der Waals surface area contributed by atoms with E-state index < -0.39 is 9.84 Å². The van der Waals surface area contributed by atoms with E-state index in [0.717, 1.165) is 5.56 Å². The minimum atomic E-state index is -3.64. The summed E-state index contributed by atoms with van der Waals surface area (Å²) in [5.41, 5.74) is 2.08. The number of halogens is 1. The van der Waals surface area contributed by atoms with Crippen molar-refractivity contribution in [3.63, 3.8) is 0 Å². The summed E-state index contributed by atoms with van der Waals surface area (Å²) >= 11 is 5.80. The third-order valence-electron chi connectivity index (χ3n) is 3.86. The molecule has 0 saturated heterocycles. The lowest BCUT2D eigenvalue weighted by Crippen LogP contribution is -2.04. The number of sulfone groups is 1. The second kappa shape index (κ2) is 6.82.